The van der Waals surface area contributed by atoms with Crippen LogP contribution in [0, 0.1) is 0 Å². The van der Waals surface area contributed by atoms with E-state index in [4.69, 9.17) is 14.9 Å². The van der Waals surface area contributed by atoms with Crippen molar-refractivity contribution in [3.63, 3.8) is 0 Å². The number of aliphatic hydroxyl groups is 1. The SMILES string of the molecule is C=C.C=C.C=C.C=C.O=P(O)(O)OCCO. The third kappa shape index (κ3) is 116. The standard InChI is InChI=1S/C2H7O5P.4C2H4/c3-1-2-7-8(4,5)6;4*1-2/h3H,1-2H2,(H2,4,5,6);4*1-2H2. The molecule has 0 aromatic rings. The molecule has 3 N–H and O–H groups in total. The van der Waals surface area contributed by atoms with Crippen LogP contribution in [0.15, 0.2) is 52.6 Å². The summed E-state index contributed by atoms with van der Waals surface area (Å²) < 4.78 is 13.5. The zero-order chi connectivity index (χ0) is 14.6. The fourth-order valence-corrected chi connectivity index (χ4v) is 0.479. The summed E-state index contributed by atoms with van der Waals surface area (Å²) in [7, 11) is -4.34. The van der Waals surface area contributed by atoms with Crippen LogP contribution in [0.4, 0.5) is 0 Å². The molecule has 98 valence electrons. The van der Waals surface area contributed by atoms with Crippen LogP contribution in [-0.4, -0.2) is 28.1 Å². The zero-order valence-corrected chi connectivity index (χ0v) is 10.6. The van der Waals surface area contributed by atoms with E-state index in [1.54, 1.807) is 0 Å². The van der Waals surface area contributed by atoms with Crippen LogP contribution < -0.4 is 0 Å². The summed E-state index contributed by atoms with van der Waals surface area (Å²) in [6.45, 7) is 23.3. The molecule has 5 nitrogen and oxygen atoms in total. The second-order valence-corrected chi connectivity index (χ2v) is 2.29. The lowest BCUT2D eigenvalue weighted by Crippen LogP contribution is -1.95. The van der Waals surface area contributed by atoms with Crippen LogP contribution >= 0.6 is 7.82 Å². The second kappa shape index (κ2) is 36.9. The van der Waals surface area contributed by atoms with Crippen molar-refractivity contribution in [3.8, 4) is 0 Å². The first-order valence-corrected chi connectivity index (χ1v) is 5.40. The smallest absolute Gasteiger partial charge is 0.394 e. The Morgan fingerprint density at radius 2 is 1.12 bits per heavy atom. The largest absolute Gasteiger partial charge is 0.469 e. The first-order chi connectivity index (χ1) is 7.56. The van der Waals surface area contributed by atoms with E-state index in [0.29, 0.717) is 0 Å². The van der Waals surface area contributed by atoms with Crippen molar-refractivity contribution in [2.24, 2.45) is 0 Å². The molecule has 0 unspecified atom stereocenters. The van der Waals surface area contributed by atoms with Crippen LogP contribution in [-0.2, 0) is 9.09 Å². The molecular weight excluding hydrogens is 231 g/mol. The average Bonchev–Trinajstić information content (AvgIpc) is 2.36. The molecule has 0 fully saturated rings. The number of hydrogen-bond acceptors (Lipinski definition) is 3. The maximum absolute atomic E-state index is 9.75. The molecule has 6 heteroatoms. The molecular formula is C10H23O5P. The lowest BCUT2D eigenvalue weighted by Gasteiger charge is -2.00. The molecule has 0 heterocycles. The summed E-state index contributed by atoms with van der Waals surface area (Å²) in [5.74, 6) is 0. The fourth-order valence-electron chi connectivity index (χ4n) is 0.160. The van der Waals surface area contributed by atoms with Crippen LogP contribution in [0.5, 0.6) is 0 Å². The Hall–Kier alpha value is -0.970. The van der Waals surface area contributed by atoms with Gasteiger partial charge in [-0.3, -0.25) is 4.52 Å². The molecule has 0 aliphatic carbocycles. The van der Waals surface area contributed by atoms with E-state index >= 15 is 0 Å². The van der Waals surface area contributed by atoms with Crippen molar-refractivity contribution in [1.29, 1.82) is 0 Å². The number of rotatable bonds is 3. The van der Waals surface area contributed by atoms with Crippen molar-refractivity contribution in [1.82, 2.24) is 0 Å². The Morgan fingerprint density at radius 3 is 1.19 bits per heavy atom. The van der Waals surface area contributed by atoms with Gasteiger partial charge in [-0.15, -0.1) is 52.6 Å². The quantitative estimate of drug-likeness (QED) is 0.531. The lowest BCUT2D eigenvalue weighted by atomic mass is 10.8. The molecule has 0 saturated heterocycles. The Bertz CT molecular complexity index is 138. The summed E-state index contributed by atoms with van der Waals surface area (Å²) in [5, 5.41) is 7.96. The van der Waals surface area contributed by atoms with E-state index < -0.39 is 7.82 Å². The minimum absolute atomic E-state index is 0.329. The van der Waals surface area contributed by atoms with E-state index in [2.05, 4.69) is 57.2 Å². The highest BCUT2D eigenvalue weighted by molar-refractivity contribution is 7.46. The topological polar surface area (TPSA) is 87.0 Å². The maximum Gasteiger partial charge on any atom is 0.469 e. The number of phosphoric ester groups is 1. The molecule has 0 amide bonds. The first kappa shape index (κ1) is 29.4. The monoisotopic (exact) mass is 254 g/mol. The minimum atomic E-state index is -4.34. The predicted octanol–water partition coefficient (Wildman–Crippen LogP) is 2.30. The number of phosphoric acid groups is 1. The molecule has 16 heavy (non-hydrogen) atoms. The summed E-state index contributed by atoms with van der Waals surface area (Å²) in [6, 6.07) is 0. The number of hydrogen-bond donors (Lipinski definition) is 3. The Morgan fingerprint density at radius 1 is 0.875 bits per heavy atom. The van der Waals surface area contributed by atoms with Gasteiger partial charge in [0.1, 0.15) is 0 Å². The van der Waals surface area contributed by atoms with Crippen LogP contribution in [0.25, 0.3) is 0 Å². The van der Waals surface area contributed by atoms with E-state index in [1.807, 2.05) is 0 Å². The van der Waals surface area contributed by atoms with Gasteiger partial charge in [-0.05, 0) is 0 Å². The second-order valence-electron chi connectivity index (χ2n) is 1.05. The highest BCUT2D eigenvalue weighted by Crippen LogP contribution is 2.34. The van der Waals surface area contributed by atoms with Crippen molar-refractivity contribution in [2.75, 3.05) is 13.2 Å². The predicted molar refractivity (Wildman–Crippen MR) is 70.1 cm³/mol. The van der Waals surface area contributed by atoms with Gasteiger partial charge in [0.05, 0.1) is 13.2 Å². The van der Waals surface area contributed by atoms with E-state index in [-0.39, 0.29) is 13.2 Å². The highest BCUT2D eigenvalue weighted by atomic mass is 31.2. The van der Waals surface area contributed by atoms with Crippen molar-refractivity contribution in [2.45, 2.75) is 0 Å². The molecule has 0 spiro atoms. The van der Waals surface area contributed by atoms with Gasteiger partial charge < -0.3 is 14.9 Å². The van der Waals surface area contributed by atoms with E-state index in [1.165, 1.54) is 0 Å². The van der Waals surface area contributed by atoms with Gasteiger partial charge in [-0.25, -0.2) is 4.57 Å². The minimum Gasteiger partial charge on any atom is -0.394 e. The first-order valence-electron chi connectivity index (χ1n) is 3.87. The molecule has 0 aromatic carbocycles. The average molecular weight is 254 g/mol. The van der Waals surface area contributed by atoms with Crippen molar-refractivity contribution < 1.29 is 24.0 Å². The molecule has 0 aliphatic heterocycles. The molecule has 0 atom stereocenters. The third-order valence-corrected chi connectivity index (χ3v) is 0.870. The lowest BCUT2D eigenvalue weighted by molar-refractivity contribution is 0.151. The van der Waals surface area contributed by atoms with Gasteiger partial charge in [0.2, 0.25) is 0 Å². The van der Waals surface area contributed by atoms with Gasteiger partial charge >= 0.3 is 7.82 Å². The molecule has 0 bridgehead atoms. The summed E-state index contributed by atoms with van der Waals surface area (Å²) in [4.78, 5) is 15.9. The Labute approximate surface area is 98.3 Å². The summed E-state index contributed by atoms with van der Waals surface area (Å²) >= 11 is 0. The Balaban J connectivity index is -0.0000000426. The molecule has 0 aliphatic rings. The number of aliphatic hydroxyl groups excluding tert-OH is 1. The van der Waals surface area contributed by atoms with E-state index in [9.17, 15) is 4.57 Å². The third-order valence-electron chi connectivity index (χ3n) is 0.351. The van der Waals surface area contributed by atoms with Gasteiger partial charge in [0.25, 0.3) is 0 Å². The van der Waals surface area contributed by atoms with Crippen LogP contribution in [0.2, 0.25) is 0 Å². The van der Waals surface area contributed by atoms with Crippen molar-refractivity contribution >= 4 is 7.82 Å². The maximum atomic E-state index is 9.75. The van der Waals surface area contributed by atoms with Gasteiger partial charge in [0, 0.05) is 0 Å². The zero-order valence-electron chi connectivity index (χ0n) is 9.68. The van der Waals surface area contributed by atoms with Crippen LogP contribution in [0.3, 0.4) is 0 Å². The Kier molecular flexibility index (Phi) is 67.9. The summed E-state index contributed by atoms with van der Waals surface area (Å²) in [6.07, 6.45) is 0. The van der Waals surface area contributed by atoms with Gasteiger partial charge in [-0.1, -0.05) is 0 Å². The molecule has 0 saturated carbocycles. The molecule has 0 radical (unpaired) electrons. The van der Waals surface area contributed by atoms with Crippen LogP contribution in [0.1, 0.15) is 0 Å². The molecule has 0 rings (SSSR count). The highest BCUT2D eigenvalue weighted by Gasteiger charge is 2.11. The summed E-state index contributed by atoms with van der Waals surface area (Å²) in [5.41, 5.74) is 0. The van der Waals surface area contributed by atoms with Gasteiger partial charge in [-0.2, -0.15) is 0 Å². The fraction of sp³-hybridized carbons (Fsp3) is 0.200. The normalized spacial score (nSPS) is 6.94. The van der Waals surface area contributed by atoms with Gasteiger partial charge in [0.15, 0.2) is 0 Å². The van der Waals surface area contributed by atoms with E-state index in [0.717, 1.165) is 0 Å². The van der Waals surface area contributed by atoms with Crippen molar-refractivity contribution in [3.05, 3.63) is 52.6 Å². The molecule has 0 aromatic heterocycles.